The topological polar surface area (TPSA) is 71.4 Å². The molecule has 2 heterocycles. The summed E-state index contributed by atoms with van der Waals surface area (Å²) in [5.41, 5.74) is 0.164. The average molecular weight is 311 g/mol. The lowest BCUT2D eigenvalue weighted by molar-refractivity contribution is -0.132. The maximum absolute atomic E-state index is 12.1. The molecule has 22 heavy (non-hydrogen) atoms. The third kappa shape index (κ3) is 4.43. The maximum Gasteiger partial charge on any atom is 0.410 e. The predicted molar refractivity (Wildman–Crippen MR) is 81.6 cm³/mol. The monoisotopic (exact) mass is 311 g/mol. The summed E-state index contributed by atoms with van der Waals surface area (Å²) in [6.45, 7) is 7.10. The largest absolute Gasteiger partial charge is 0.444 e. The van der Waals surface area contributed by atoms with Gasteiger partial charge >= 0.3 is 6.09 Å². The van der Waals surface area contributed by atoms with Gasteiger partial charge in [-0.15, -0.1) is 0 Å². The van der Waals surface area contributed by atoms with Crippen molar-refractivity contribution in [3.8, 4) is 0 Å². The van der Waals surface area contributed by atoms with E-state index in [0.29, 0.717) is 25.5 Å². The average Bonchev–Trinajstić information content (AvgIpc) is 2.78. The van der Waals surface area contributed by atoms with Gasteiger partial charge in [0.05, 0.1) is 24.7 Å². The molecule has 1 fully saturated rings. The molecule has 0 spiro atoms. The zero-order chi connectivity index (χ0) is 16.3. The Morgan fingerprint density at radius 3 is 2.64 bits per heavy atom. The van der Waals surface area contributed by atoms with Crippen LogP contribution in [0, 0.1) is 0 Å². The Kier molecular flexibility index (Phi) is 5.05. The van der Waals surface area contributed by atoms with Gasteiger partial charge in [0.2, 0.25) is 5.91 Å². The van der Waals surface area contributed by atoms with E-state index in [1.165, 1.54) is 4.90 Å². The molecule has 2 aliphatic rings. The first-order chi connectivity index (χ1) is 10.3. The molecule has 0 N–H and O–H groups in total. The molecule has 0 aromatic rings. The van der Waals surface area contributed by atoms with Gasteiger partial charge in [0.25, 0.3) is 0 Å². The minimum atomic E-state index is -0.535. The van der Waals surface area contributed by atoms with Gasteiger partial charge in [0.15, 0.2) is 0 Å². The zero-order valence-corrected chi connectivity index (χ0v) is 13.8. The van der Waals surface area contributed by atoms with Crippen LogP contribution in [0.1, 0.15) is 40.0 Å². The van der Waals surface area contributed by atoms with Crippen molar-refractivity contribution in [2.45, 2.75) is 51.7 Å². The van der Waals surface area contributed by atoms with Crippen molar-refractivity contribution in [2.75, 3.05) is 26.8 Å². The Bertz CT molecular complexity index is 464. The van der Waals surface area contributed by atoms with Gasteiger partial charge in [-0.2, -0.15) is 5.10 Å². The van der Waals surface area contributed by atoms with E-state index >= 15 is 0 Å². The van der Waals surface area contributed by atoms with E-state index in [4.69, 9.17) is 9.47 Å². The van der Waals surface area contributed by atoms with Crippen molar-refractivity contribution < 1.29 is 19.1 Å². The van der Waals surface area contributed by atoms with Gasteiger partial charge in [0.1, 0.15) is 5.60 Å². The molecule has 0 radical (unpaired) electrons. The van der Waals surface area contributed by atoms with Crippen LogP contribution >= 0.6 is 0 Å². The van der Waals surface area contributed by atoms with Crippen molar-refractivity contribution in [2.24, 2.45) is 5.10 Å². The standard InChI is InChI=1S/C15H25N3O4/c1-15(2,3)22-14(20)17(4)10-11-9-13(19)18(16-11)12-5-7-21-8-6-12/h12H,5-10H2,1-4H3. The van der Waals surface area contributed by atoms with Crippen molar-refractivity contribution >= 4 is 17.7 Å². The molecule has 0 aromatic carbocycles. The van der Waals surface area contributed by atoms with E-state index in [9.17, 15) is 9.59 Å². The molecule has 7 nitrogen and oxygen atoms in total. The number of hydrogen-bond acceptors (Lipinski definition) is 5. The van der Waals surface area contributed by atoms with Gasteiger partial charge < -0.3 is 14.4 Å². The summed E-state index contributed by atoms with van der Waals surface area (Å²) in [7, 11) is 1.65. The van der Waals surface area contributed by atoms with Crippen LogP contribution in [0.2, 0.25) is 0 Å². The Morgan fingerprint density at radius 1 is 1.41 bits per heavy atom. The highest BCUT2D eigenvalue weighted by Crippen LogP contribution is 2.20. The van der Waals surface area contributed by atoms with Gasteiger partial charge in [-0.3, -0.25) is 4.79 Å². The van der Waals surface area contributed by atoms with E-state index in [-0.39, 0.29) is 18.4 Å². The van der Waals surface area contributed by atoms with Crippen LogP contribution in [0.15, 0.2) is 5.10 Å². The molecule has 0 saturated carbocycles. The van der Waals surface area contributed by atoms with E-state index in [1.807, 2.05) is 20.8 Å². The Hall–Kier alpha value is -1.63. The number of carbonyl (C=O) groups excluding carboxylic acids is 2. The molecule has 7 heteroatoms. The maximum atomic E-state index is 12.1. The molecule has 0 bridgehead atoms. The molecule has 0 aromatic heterocycles. The molecule has 124 valence electrons. The SMILES string of the molecule is CN(CC1=NN(C2CCOCC2)C(=O)C1)C(=O)OC(C)(C)C. The smallest absolute Gasteiger partial charge is 0.410 e. The number of amides is 2. The summed E-state index contributed by atoms with van der Waals surface area (Å²) in [6, 6.07) is 0.116. The fourth-order valence-electron chi connectivity index (χ4n) is 2.48. The number of hydrazone groups is 1. The van der Waals surface area contributed by atoms with Crippen molar-refractivity contribution in [3.05, 3.63) is 0 Å². The number of ether oxygens (including phenoxy) is 2. The molecule has 2 rings (SSSR count). The number of hydrogen-bond donors (Lipinski definition) is 0. The van der Waals surface area contributed by atoms with Gasteiger partial charge in [-0.25, -0.2) is 9.80 Å². The summed E-state index contributed by atoms with van der Waals surface area (Å²) < 4.78 is 10.6. The van der Waals surface area contributed by atoms with Crippen LogP contribution in [0.3, 0.4) is 0 Å². The highest BCUT2D eigenvalue weighted by atomic mass is 16.6. The molecular formula is C15H25N3O4. The van der Waals surface area contributed by atoms with Crippen LogP contribution in [0.5, 0.6) is 0 Å². The van der Waals surface area contributed by atoms with Crippen molar-refractivity contribution in [1.29, 1.82) is 0 Å². The number of rotatable bonds is 3. The fourth-order valence-corrected chi connectivity index (χ4v) is 2.48. The van der Waals surface area contributed by atoms with E-state index in [1.54, 1.807) is 12.1 Å². The highest BCUT2D eigenvalue weighted by molar-refractivity contribution is 6.06. The second-order valence-corrected chi connectivity index (χ2v) is 6.76. The van der Waals surface area contributed by atoms with Crippen LogP contribution in [-0.4, -0.2) is 66.1 Å². The van der Waals surface area contributed by atoms with Gasteiger partial charge in [0, 0.05) is 20.3 Å². The van der Waals surface area contributed by atoms with Crippen molar-refractivity contribution in [3.63, 3.8) is 0 Å². The third-order valence-electron chi connectivity index (χ3n) is 3.52. The zero-order valence-electron chi connectivity index (χ0n) is 13.8. The first-order valence-corrected chi connectivity index (χ1v) is 7.66. The van der Waals surface area contributed by atoms with Crippen LogP contribution in [0.4, 0.5) is 4.79 Å². The van der Waals surface area contributed by atoms with E-state index in [0.717, 1.165) is 12.8 Å². The normalized spacial score (nSPS) is 20.1. The molecule has 0 atom stereocenters. The summed E-state index contributed by atoms with van der Waals surface area (Å²) in [6.07, 6.45) is 1.48. The van der Waals surface area contributed by atoms with Gasteiger partial charge in [-0.1, -0.05) is 0 Å². The quantitative estimate of drug-likeness (QED) is 0.794. The summed E-state index contributed by atoms with van der Waals surface area (Å²) in [5, 5.41) is 5.98. The number of carbonyl (C=O) groups is 2. The summed E-state index contributed by atoms with van der Waals surface area (Å²) in [4.78, 5) is 25.5. The Morgan fingerprint density at radius 2 is 2.05 bits per heavy atom. The van der Waals surface area contributed by atoms with Crippen LogP contribution in [-0.2, 0) is 14.3 Å². The first kappa shape index (κ1) is 16.7. The minimum absolute atomic E-state index is 0.000473. The van der Waals surface area contributed by atoms with Crippen molar-refractivity contribution in [1.82, 2.24) is 9.91 Å². The fraction of sp³-hybridized carbons (Fsp3) is 0.800. The van der Waals surface area contributed by atoms with Crippen LogP contribution in [0.25, 0.3) is 0 Å². The Balaban J connectivity index is 1.92. The van der Waals surface area contributed by atoms with E-state index in [2.05, 4.69) is 5.10 Å². The molecule has 0 aliphatic carbocycles. The highest BCUT2D eigenvalue weighted by Gasteiger charge is 2.32. The molecular weight excluding hydrogens is 286 g/mol. The lowest BCUT2D eigenvalue weighted by atomic mass is 10.1. The summed E-state index contributed by atoms with van der Waals surface area (Å²) >= 11 is 0. The first-order valence-electron chi connectivity index (χ1n) is 7.66. The minimum Gasteiger partial charge on any atom is -0.444 e. The van der Waals surface area contributed by atoms with E-state index < -0.39 is 11.7 Å². The predicted octanol–water partition coefficient (Wildman–Crippen LogP) is 1.62. The molecule has 2 amide bonds. The third-order valence-corrected chi connectivity index (χ3v) is 3.52. The number of nitrogens with zero attached hydrogens (tertiary/aromatic N) is 3. The lowest BCUT2D eigenvalue weighted by Gasteiger charge is -2.28. The second kappa shape index (κ2) is 6.64. The molecule has 0 unspecified atom stereocenters. The molecule has 1 saturated heterocycles. The molecule has 2 aliphatic heterocycles. The second-order valence-electron chi connectivity index (χ2n) is 6.76. The lowest BCUT2D eigenvalue weighted by Crippen LogP contribution is -2.37. The van der Waals surface area contributed by atoms with Gasteiger partial charge in [-0.05, 0) is 33.6 Å². The Labute approximate surface area is 131 Å². The van der Waals surface area contributed by atoms with Crippen LogP contribution < -0.4 is 0 Å². The summed E-state index contributed by atoms with van der Waals surface area (Å²) in [5.74, 6) is -0.000473.